The van der Waals surface area contributed by atoms with E-state index in [4.69, 9.17) is 19.2 Å². The second-order valence-corrected chi connectivity index (χ2v) is 7.91. The number of carbonyl (C=O) groups is 2. The number of alkyl halides is 1. The SMILES string of the molecule is CCOC(=O)CCc1ccc2c(CCC(=O)OCC)c(OCCCCCBr)ccc2n1. The maximum Gasteiger partial charge on any atom is 0.306 e. The van der Waals surface area contributed by atoms with Gasteiger partial charge in [-0.05, 0) is 57.7 Å². The summed E-state index contributed by atoms with van der Waals surface area (Å²) >= 11 is 3.45. The van der Waals surface area contributed by atoms with Crippen molar-refractivity contribution in [2.75, 3.05) is 25.2 Å². The third kappa shape index (κ3) is 8.48. The number of fused-ring (bicyclic) bond motifs is 1. The summed E-state index contributed by atoms with van der Waals surface area (Å²) in [5, 5.41) is 1.96. The Kier molecular flexibility index (Phi) is 11.4. The van der Waals surface area contributed by atoms with Crippen molar-refractivity contribution in [2.45, 2.75) is 58.8 Å². The van der Waals surface area contributed by atoms with E-state index in [1.807, 2.05) is 24.3 Å². The first kappa shape index (κ1) is 25.1. The Labute approximate surface area is 192 Å². The van der Waals surface area contributed by atoms with Crippen LogP contribution >= 0.6 is 15.9 Å². The summed E-state index contributed by atoms with van der Waals surface area (Å²) in [5.74, 6) is 0.349. The number of ether oxygens (including phenoxy) is 3. The van der Waals surface area contributed by atoms with Crippen LogP contribution in [0.25, 0.3) is 10.9 Å². The maximum absolute atomic E-state index is 11.9. The predicted octanol–water partition coefficient (Wildman–Crippen LogP) is 5.17. The summed E-state index contributed by atoms with van der Waals surface area (Å²) in [6.07, 6.45) is 4.84. The molecule has 0 unspecified atom stereocenters. The summed E-state index contributed by atoms with van der Waals surface area (Å²) in [5.41, 5.74) is 2.63. The molecule has 6 nitrogen and oxygen atoms in total. The fraction of sp³-hybridized carbons (Fsp3) is 0.542. The summed E-state index contributed by atoms with van der Waals surface area (Å²) in [6.45, 7) is 4.99. The first-order valence-electron chi connectivity index (χ1n) is 11.0. The van der Waals surface area contributed by atoms with Crippen LogP contribution in [0.3, 0.4) is 0 Å². The molecule has 31 heavy (non-hydrogen) atoms. The minimum absolute atomic E-state index is 0.219. The first-order chi connectivity index (χ1) is 15.1. The molecule has 0 aliphatic carbocycles. The molecule has 0 atom stereocenters. The fourth-order valence-corrected chi connectivity index (χ4v) is 3.70. The highest BCUT2D eigenvalue weighted by Gasteiger charge is 2.14. The molecule has 7 heteroatoms. The normalized spacial score (nSPS) is 10.8. The Balaban J connectivity index is 2.19. The Morgan fingerprint density at radius 1 is 0.903 bits per heavy atom. The molecule has 0 radical (unpaired) electrons. The number of hydrogen-bond donors (Lipinski definition) is 0. The lowest BCUT2D eigenvalue weighted by molar-refractivity contribution is -0.144. The van der Waals surface area contributed by atoms with Crippen molar-refractivity contribution in [3.8, 4) is 5.75 Å². The number of carbonyl (C=O) groups excluding carboxylic acids is 2. The quantitative estimate of drug-likeness (QED) is 0.205. The zero-order chi connectivity index (χ0) is 22.5. The Bertz CT molecular complexity index is 855. The molecule has 0 saturated carbocycles. The highest BCUT2D eigenvalue weighted by molar-refractivity contribution is 9.09. The molecule has 0 spiro atoms. The van der Waals surface area contributed by atoms with Crippen molar-refractivity contribution in [2.24, 2.45) is 0 Å². The average Bonchev–Trinajstić information content (AvgIpc) is 2.76. The van der Waals surface area contributed by atoms with Crippen LogP contribution in [0.15, 0.2) is 24.3 Å². The molecular weight excluding hydrogens is 462 g/mol. The van der Waals surface area contributed by atoms with Gasteiger partial charge in [-0.1, -0.05) is 22.0 Å². The van der Waals surface area contributed by atoms with Crippen molar-refractivity contribution >= 4 is 38.8 Å². The van der Waals surface area contributed by atoms with E-state index in [0.717, 1.165) is 52.5 Å². The average molecular weight is 494 g/mol. The van der Waals surface area contributed by atoms with Gasteiger partial charge < -0.3 is 14.2 Å². The van der Waals surface area contributed by atoms with E-state index in [1.165, 1.54) is 0 Å². The van der Waals surface area contributed by atoms with Crippen molar-refractivity contribution in [1.82, 2.24) is 4.98 Å². The molecule has 1 aromatic carbocycles. The number of halogens is 1. The number of benzene rings is 1. The van der Waals surface area contributed by atoms with Gasteiger partial charge in [0.1, 0.15) is 5.75 Å². The molecule has 1 aromatic heterocycles. The summed E-state index contributed by atoms with van der Waals surface area (Å²) in [6, 6.07) is 7.79. The second kappa shape index (κ2) is 14.0. The maximum atomic E-state index is 11.9. The van der Waals surface area contributed by atoms with E-state index in [1.54, 1.807) is 13.8 Å². The minimum atomic E-state index is -0.221. The predicted molar refractivity (Wildman–Crippen MR) is 125 cm³/mol. The Morgan fingerprint density at radius 3 is 2.29 bits per heavy atom. The number of nitrogens with zero attached hydrogens (tertiary/aromatic N) is 1. The van der Waals surface area contributed by atoms with Gasteiger partial charge in [-0.15, -0.1) is 0 Å². The van der Waals surface area contributed by atoms with Crippen molar-refractivity contribution in [1.29, 1.82) is 0 Å². The number of rotatable bonds is 14. The molecule has 2 aromatic rings. The van der Waals surface area contributed by atoms with E-state index in [2.05, 4.69) is 15.9 Å². The summed E-state index contributed by atoms with van der Waals surface area (Å²) in [7, 11) is 0. The summed E-state index contributed by atoms with van der Waals surface area (Å²) < 4.78 is 16.1. The molecule has 0 fully saturated rings. The van der Waals surface area contributed by atoms with Crippen LogP contribution in [-0.2, 0) is 31.9 Å². The fourth-order valence-electron chi connectivity index (χ4n) is 3.30. The topological polar surface area (TPSA) is 74.7 Å². The third-order valence-corrected chi connectivity index (χ3v) is 5.37. The Hall–Kier alpha value is -2.15. The molecule has 170 valence electrons. The van der Waals surface area contributed by atoms with Crippen LogP contribution in [0.5, 0.6) is 5.75 Å². The van der Waals surface area contributed by atoms with Crippen molar-refractivity contribution in [3.05, 3.63) is 35.5 Å². The Morgan fingerprint density at radius 2 is 1.61 bits per heavy atom. The van der Waals surface area contributed by atoms with Crippen LogP contribution in [-0.4, -0.2) is 42.1 Å². The largest absolute Gasteiger partial charge is 0.493 e. The molecule has 0 aliphatic rings. The number of pyridine rings is 1. The lowest BCUT2D eigenvalue weighted by Crippen LogP contribution is -2.08. The lowest BCUT2D eigenvalue weighted by Gasteiger charge is -2.15. The number of unbranched alkanes of at least 4 members (excludes halogenated alkanes) is 2. The van der Waals surface area contributed by atoms with Gasteiger partial charge in [0.15, 0.2) is 0 Å². The monoisotopic (exact) mass is 493 g/mol. The molecule has 0 bridgehead atoms. The van der Waals surface area contributed by atoms with Crippen LogP contribution in [0, 0.1) is 0 Å². The van der Waals surface area contributed by atoms with Crippen LogP contribution in [0.2, 0.25) is 0 Å². The first-order valence-corrected chi connectivity index (χ1v) is 12.1. The van der Waals surface area contributed by atoms with Gasteiger partial charge in [0, 0.05) is 34.8 Å². The van der Waals surface area contributed by atoms with Gasteiger partial charge in [0.05, 0.1) is 31.8 Å². The standard InChI is InChI=1S/C24H32BrNO5/c1-3-29-23(27)14-9-18-8-10-19-20(11-15-24(28)30-4-2)22(13-12-21(19)26-18)31-17-7-5-6-16-25/h8,10,12-13H,3-7,9,11,14-17H2,1-2H3. The highest BCUT2D eigenvalue weighted by Crippen LogP contribution is 2.29. The van der Waals surface area contributed by atoms with E-state index in [-0.39, 0.29) is 18.4 Å². The van der Waals surface area contributed by atoms with E-state index in [9.17, 15) is 9.59 Å². The second-order valence-electron chi connectivity index (χ2n) is 7.12. The van der Waals surface area contributed by atoms with Gasteiger partial charge in [-0.2, -0.15) is 0 Å². The van der Waals surface area contributed by atoms with Crippen molar-refractivity contribution < 1.29 is 23.8 Å². The van der Waals surface area contributed by atoms with Gasteiger partial charge >= 0.3 is 11.9 Å². The van der Waals surface area contributed by atoms with E-state index < -0.39 is 0 Å². The molecule has 1 heterocycles. The zero-order valence-corrected chi connectivity index (χ0v) is 20.0. The number of aromatic nitrogens is 1. The number of hydrogen-bond acceptors (Lipinski definition) is 6. The molecule has 2 rings (SSSR count). The zero-order valence-electron chi connectivity index (χ0n) is 18.5. The van der Waals surface area contributed by atoms with Gasteiger partial charge in [-0.3, -0.25) is 14.6 Å². The number of esters is 2. The van der Waals surface area contributed by atoms with E-state index in [0.29, 0.717) is 39.1 Å². The number of aryl methyl sites for hydroxylation is 2. The highest BCUT2D eigenvalue weighted by atomic mass is 79.9. The van der Waals surface area contributed by atoms with Gasteiger partial charge in [0.25, 0.3) is 0 Å². The van der Waals surface area contributed by atoms with Gasteiger partial charge in [0.2, 0.25) is 0 Å². The van der Waals surface area contributed by atoms with E-state index >= 15 is 0 Å². The van der Waals surface area contributed by atoms with Crippen LogP contribution < -0.4 is 4.74 Å². The van der Waals surface area contributed by atoms with Crippen molar-refractivity contribution in [3.63, 3.8) is 0 Å². The molecule has 0 N–H and O–H groups in total. The molecule has 0 saturated heterocycles. The summed E-state index contributed by atoms with van der Waals surface area (Å²) in [4.78, 5) is 28.3. The molecule has 0 amide bonds. The molecular formula is C24H32BrNO5. The minimum Gasteiger partial charge on any atom is -0.493 e. The van der Waals surface area contributed by atoms with Crippen LogP contribution in [0.1, 0.15) is 57.2 Å². The molecule has 0 aliphatic heterocycles. The van der Waals surface area contributed by atoms with Crippen LogP contribution in [0.4, 0.5) is 0 Å². The lowest BCUT2D eigenvalue weighted by atomic mass is 10.0. The van der Waals surface area contributed by atoms with Gasteiger partial charge in [-0.25, -0.2) is 0 Å². The smallest absolute Gasteiger partial charge is 0.306 e. The third-order valence-electron chi connectivity index (χ3n) is 4.81.